The highest BCUT2D eigenvalue weighted by Crippen LogP contribution is 2.30. The second-order valence-corrected chi connectivity index (χ2v) is 4.58. The van der Waals surface area contributed by atoms with Crippen molar-refractivity contribution >= 4 is 5.69 Å². The van der Waals surface area contributed by atoms with Crippen molar-refractivity contribution in [3.05, 3.63) is 63.2 Å². The van der Waals surface area contributed by atoms with Crippen molar-refractivity contribution in [3.8, 4) is 11.5 Å². The number of aryl methyl sites for hydroxylation is 2. The molecule has 5 heteroatoms. The van der Waals surface area contributed by atoms with E-state index in [-0.39, 0.29) is 12.3 Å². The van der Waals surface area contributed by atoms with Gasteiger partial charge in [-0.05, 0) is 31.5 Å². The van der Waals surface area contributed by atoms with Gasteiger partial charge in [0, 0.05) is 17.7 Å². The first kappa shape index (κ1) is 14.0. The number of rotatable bonds is 4. The largest absolute Gasteiger partial charge is 0.457 e. The summed E-state index contributed by atoms with van der Waals surface area (Å²) in [4.78, 5) is 10.2. The molecule has 0 saturated carbocycles. The first-order valence-electron chi connectivity index (χ1n) is 6.14. The van der Waals surface area contributed by atoms with Crippen molar-refractivity contribution in [1.82, 2.24) is 0 Å². The summed E-state index contributed by atoms with van der Waals surface area (Å²) in [6.07, 6.45) is 0. The maximum absolute atomic E-state index is 10.7. The van der Waals surface area contributed by atoms with Crippen LogP contribution in [-0.2, 0) is 6.61 Å². The third-order valence-corrected chi connectivity index (χ3v) is 2.98. The number of nitrogens with zero attached hydrogens (tertiary/aromatic N) is 1. The molecule has 0 fully saturated rings. The number of non-ortho nitro benzene ring substituents is 1. The first-order valence-corrected chi connectivity index (χ1v) is 6.14. The fourth-order valence-electron chi connectivity index (χ4n) is 1.91. The zero-order valence-electron chi connectivity index (χ0n) is 11.3. The molecular formula is C15H15NO4. The van der Waals surface area contributed by atoms with Crippen LogP contribution in [0.1, 0.15) is 16.7 Å². The van der Waals surface area contributed by atoms with Crippen LogP contribution in [0, 0.1) is 24.0 Å². The topological polar surface area (TPSA) is 72.6 Å². The fourth-order valence-corrected chi connectivity index (χ4v) is 1.91. The van der Waals surface area contributed by atoms with Crippen LogP contribution in [0.3, 0.4) is 0 Å². The lowest BCUT2D eigenvalue weighted by Crippen LogP contribution is -1.95. The van der Waals surface area contributed by atoms with Gasteiger partial charge in [-0.2, -0.15) is 0 Å². The van der Waals surface area contributed by atoms with Gasteiger partial charge < -0.3 is 9.84 Å². The number of aliphatic hydroxyl groups excluding tert-OH is 1. The molecule has 0 saturated heterocycles. The lowest BCUT2D eigenvalue weighted by atomic mass is 10.1. The minimum atomic E-state index is -0.443. The van der Waals surface area contributed by atoms with Gasteiger partial charge in [0.2, 0.25) is 0 Å². The fraction of sp³-hybridized carbons (Fsp3) is 0.200. The average Bonchev–Trinajstić information content (AvgIpc) is 2.42. The molecule has 5 nitrogen and oxygen atoms in total. The highest BCUT2D eigenvalue weighted by molar-refractivity contribution is 5.46. The van der Waals surface area contributed by atoms with Crippen LogP contribution in [0.15, 0.2) is 36.4 Å². The Bertz CT molecular complexity index is 652. The standard InChI is InChI=1S/C15H15NO4/c1-10-3-5-15(12(7-10)9-17)20-14-6-4-13(16(18)19)8-11(14)2/h3-8,17H,9H2,1-2H3. The van der Waals surface area contributed by atoms with Crippen molar-refractivity contribution in [2.75, 3.05) is 0 Å². The van der Waals surface area contributed by atoms with Gasteiger partial charge in [-0.25, -0.2) is 0 Å². The van der Waals surface area contributed by atoms with E-state index in [9.17, 15) is 15.2 Å². The Balaban J connectivity index is 2.33. The highest BCUT2D eigenvalue weighted by atomic mass is 16.6. The minimum absolute atomic E-state index is 0.0288. The van der Waals surface area contributed by atoms with Crippen molar-refractivity contribution in [2.24, 2.45) is 0 Å². The van der Waals surface area contributed by atoms with Crippen LogP contribution in [-0.4, -0.2) is 10.0 Å². The van der Waals surface area contributed by atoms with Crippen LogP contribution in [0.2, 0.25) is 0 Å². The van der Waals surface area contributed by atoms with Crippen molar-refractivity contribution in [2.45, 2.75) is 20.5 Å². The molecule has 0 aliphatic rings. The van der Waals surface area contributed by atoms with Crippen molar-refractivity contribution in [3.63, 3.8) is 0 Å². The van der Waals surface area contributed by atoms with Gasteiger partial charge in [0.25, 0.3) is 5.69 Å². The Kier molecular flexibility index (Phi) is 4.00. The summed E-state index contributed by atoms with van der Waals surface area (Å²) in [6.45, 7) is 3.55. The Morgan fingerprint density at radius 1 is 1.15 bits per heavy atom. The second-order valence-electron chi connectivity index (χ2n) is 4.58. The summed E-state index contributed by atoms with van der Waals surface area (Å²) in [7, 11) is 0. The lowest BCUT2D eigenvalue weighted by Gasteiger charge is -2.12. The van der Waals surface area contributed by atoms with Crippen molar-refractivity contribution < 1.29 is 14.8 Å². The number of benzene rings is 2. The van der Waals surface area contributed by atoms with E-state index in [0.29, 0.717) is 22.6 Å². The maximum Gasteiger partial charge on any atom is 0.269 e. The van der Waals surface area contributed by atoms with Crippen molar-refractivity contribution in [1.29, 1.82) is 0 Å². The number of ether oxygens (including phenoxy) is 1. The Labute approximate surface area is 116 Å². The van der Waals surface area contributed by atoms with Gasteiger partial charge in [0.15, 0.2) is 0 Å². The van der Waals surface area contributed by atoms with Gasteiger partial charge in [-0.1, -0.05) is 17.7 Å². The van der Waals surface area contributed by atoms with E-state index in [4.69, 9.17) is 4.74 Å². The predicted molar refractivity (Wildman–Crippen MR) is 75.0 cm³/mol. The molecule has 0 amide bonds. The molecule has 0 unspecified atom stereocenters. The molecule has 2 aromatic rings. The Hall–Kier alpha value is -2.40. The molecule has 0 heterocycles. The first-order chi connectivity index (χ1) is 9.51. The molecule has 0 aliphatic carbocycles. The van der Waals surface area contributed by atoms with Crippen LogP contribution in [0.5, 0.6) is 11.5 Å². The molecule has 20 heavy (non-hydrogen) atoms. The normalized spacial score (nSPS) is 10.3. The number of hydrogen-bond donors (Lipinski definition) is 1. The Morgan fingerprint density at radius 3 is 2.45 bits per heavy atom. The molecule has 0 aromatic heterocycles. The summed E-state index contributed by atoms with van der Waals surface area (Å²) in [5.41, 5.74) is 2.41. The van der Waals surface area contributed by atoms with E-state index >= 15 is 0 Å². The minimum Gasteiger partial charge on any atom is -0.457 e. The summed E-state index contributed by atoms with van der Waals surface area (Å²) >= 11 is 0. The average molecular weight is 273 g/mol. The number of aliphatic hydroxyl groups is 1. The zero-order chi connectivity index (χ0) is 14.7. The molecule has 2 aromatic carbocycles. The zero-order valence-corrected chi connectivity index (χ0v) is 11.3. The molecule has 0 spiro atoms. The summed E-state index contributed by atoms with van der Waals surface area (Å²) in [6, 6.07) is 9.93. The van der Waals surface area contributed by atoms with Crippen LogP contribution >= 0.6 is 0 Å². The van der Waals surface area contributed by atoms with Crippen LogP contribution < -0.4 is 4.74 Å². The van der Waals surface area contributed by atoms with Gasteiger partial charge in [0.1, 0.15) is 11.5 Å². The summed E-state index contributed by atoms with van der Waals surface area (Å²) in [5, 5.41) is 20.0. The van der Waals surface area contributed by atoms with E-state index in [0.717, 1.165) is 5.56 Å². The third kappa shape index (κ3) is 2.95. The maximum atomic E-state index is 10.7. The molecule has 104 valence electrons. The molecule has 0 radical (unpaired) electrons. The third-order valence-electron chi connectivity index (χ3n) is 2.98. The number of nitro groups is 1. The molecular weight excluding hydrogens is 258 g/mol. The van der Waals surface area contributed by atoms with E-state index < -0.39 is 4.92 Å². The summed E-state index contributed by atoms with van der Waals surface area (Å²) < 4.78 is 5.74. The van der Waals surface area contributed by atoms with Crippen LogP contribution in [0.4, 0.5) is 5.69 Å². The molecule has 0 bridgehead atoms. The molecule has 0 aliphatic heterocycles. The predicted octanol–water partition coefficient (Wildman–Crippen LogP) is 3.50. The SMILES string of the molecule is Cc1ccc(Oc2ccc([N+](=O)[O-])cc2C)c(CO)c1. The van der Waals surface area contributed by atoms with Gasteiger partial charge >= 0.3 is 0 Å². The monoisotopic (exact) mass is 273 g/mol. The Morgan fingerprint density at radius 2 is 1.85 bits per heavy atom. The van der Waals surface area contributed by atoms with Gasteiger partial charge in [-0.15, -0.1) is 0 Å². The summed E-state index contributed by atoms with van der Waals surface area (Å²) in [5.74, 6) is 1.09. The van der Waals surface area contributed by atoms with E-state index in [1.807, 2.05) is 19.1 Å². The number of hydrogen-bond acceptors (Lipinski definition) is 4. The quantitative estimate of drug-likeness (QED) is 0.683. The molecule has 2 rings (SSSR count). The smallest absolute Gasteiger partial charge is 0.269 e. The van der Waals surface area contributed by atoms with E-state index in [1.54, 1.807) is 19.1 Å². The highest BCUT2D eigenvalue weighted by Gasteiger charge is 2.11. The molecule has 0 atom stereocenters. The van der Waals surface area contributed by atoms with Gasteiger partial charge in [-0.3, -0.25) is 10.1 Å². The van der Waals surface area contributed by atoms with E-state index in [1.165, 1.54) is 12.1 Å². The second kappa shape index (κ2) is 5.71. The van der Waals surface area contributed by atoms with Gasteiger partial charge in [0.05, 0.1) is 11.5 Å². The number of nitro benzene ring substituents is 1. The van der Waals surface area contributed by atoms with Crippen LogP contribution in [0.25, 0.3) is 0 Å². The molecule has 1 N–H and O–H groups in total. The van der Waals surface area contributed by atoms with E-state index in [2.05, 4.69) is 0 Å². The lowest BCUT2D eigenvalue weighted by molar-refractivity contribution is -0.384.